The summed E-state index contributed by atoms with van der Waals surface area (Å²) >= 11 is 0. The number of hydrogen-bond acceptors (Lipinski definition) is 6. The number of amidine groups is 1. The van der Waals surface area contributed by atoms with E-state index in [-0.39, 0.29) is 18.7 Å². The molecule has 1 fully saturated rings. The lowest BCUT2D eigenvalue weighted by Crippen LogP contribution is -2.58. The quantitative estimate of drug-likeness (QED) is 0.667. The van der Waals surface area contributed by atoms with Gasteiger partial charge < -0.3 is 20.1 Å². The van der Waals surface area contributed by atoms with Crippen LogP contribution >= 0.6 is 0 Å². The summed E-state index contributed by atoms with van der Waals surface area (Å²) in [6, 6.07) is 16.9. The summed E-state index contributed by atoms with van der Waals surface area (Å²) in [6.07, 6.45) is 2.68. The maximum absolute atomic E-state index is 13.7. The molecule has 2 heterocycles. The van der Waals surface area contributed by atoms with Gasteiger partial charge in [0.05, 0.1) is 6.04 Å². The van der Waals surface area contributed by atoms with Gasteiger partial charge >= 0.3 is 6.02 Å². The van der Waals surface area contributed by atoms with Crippen molar-refractivity contribution in [2.24, 2.45) is 4.40 Å². The van der Waals surface area contributed by atoms with Gasteiger partial charge in [-0.15, -0.1) is 4.40 Å². The van der Waals surface area contributed by atoms with E-state index in [0.717, 1.165) is 37.2 Å². The van der Waals surface area contributed by atoms with Crippen molar-refractivity contribution in [1.82, 2.24) is 5.32 Å². The fraction of sp³-hybridized carbons (Fsp3) is 0.480. The second-order valence-corrected chi connectivity index (χ2v) is 11.3. The van der Waals surface area contributed by atoms with Crippen LogP contribution in [0.3, 0.4) is 0 Å². The van der Waals surface area contributed by atoms with Crippen molar-refractivity contribution in [3.8, 4) is 0 Å². The predicted molar refractivity (Wildman–Crippen MR) is 131 cm³/mol. The largest absolute Gasteiger partial charge is 0.456 e. The minimum absolute atomic E-state index is 0.0459. The zero-order valence-corrected chi connectivity index (χ0v) is 20.3. The predicted octanol–water partition coefficient (Wildman–Crippen LogP) is 3.71. The number of anilines is 1. The van der Waals surface area contributed by atoms with Gasteiger partial charge in [0.1, 0.15) is 5.60 Å². The van der Waals surface area contributed by atoms with Crippen LogP contribution in [0.4, 0.5) is 5.69 Å². The average molecular weight is 472 g/mol. The molecule has 2 atom stereocenters. The zero-order valence-electron chi connectivity index (χ0n) is 19.5. The summed E-state index contributed by atoms with van der Waals surface area (Å²) in [7, 11) is -4.00. The Hall–Kier alpha value is -2.58. The van der Waals surface area contributed by atoms with E-state index in [0.29, 0.717) is 12.0 Å². The third-order valence-corrected chi connectivity index (χ3v) is 9.17. The van der Waals surface area contributed by atoms with Gasteiger partial charge in [-0.25, -0.2) is 8.42 Å². The molecule has 33 heavy (non-hydrogen) atoms. The van der Waals surface area contributed by atoms with Crippen molar-refractivity contribution in [1.29, 1.82) is 0 Å². The standard InChI is InChI=1S/C25H33N3O4S/c1-24(2)25(3,20-12-9-13-21(18-20)28-15-7-8-16-28)33(30,31)27-23(32-24)26-22(14-17-29)19-10-5-4-6-11-19/h4-6,9-13,18,22,29H,7-8,14-17H2,1-3H3,(H,26,27)/t22-,25?/m0/s1. The number of rotatable bonds is 6. The van der Waals surface area contributed by atoms with E-state index in [9.17, 15) is 13.5 Å². The number of nitrogens with one attached hydrogen (secondary N) is 1. The molecule has 178 valence electrons. The Balaban J connectivity index is 1.69. The zero-order chi connectivity index (χ0) is 23.7. The average Bonchev–Trinajstić information content (AvgIpc) is 3.32. The Bertz CT molecular complexity index is 1110. The van der Waals surface area contributed by atoms with Gasteiger partial charge in [-0.3, -0.25) is 0 Å². The van der Waals surface area contributed by atoms with E-state index in [2.05, 4.69) is 14.6 Å². The van der Waals surface area contributed by atoms with E-state index in [1.165, 1.54) is 0 Å². The number of ether oxygens (including phenoxy) is 1. The van der Waals surface area contributed by atoms with Gasteiger partial charge in [0.15, 0.2) is 4.75 Å². The fourth-order valence-corrected chi connectivity index (χ4v) is 6.26. The van der Waals surface area contributed by atoms with Gasteiger partial charge in [0, 0.05) is 25.4 Å². The summed E-state index contributed by atoms with van der Waals surface area (Å²) in [6.45, 7) is 7.15. The van der Waals surface area contributed by atoms with Crippen LogP contribution in [0.2, 0.25) is 0 Å². The number of nitrogens with zero attached hydrogens (tertiary/aromatic N) is 2. The third kappa shape index (κ3) is 4.34. The van der Waals surface area contributed by atoms with Gasteiger partial charge in [0.2, 0.25) is 0 Å². The molecule has 0 amide bonds. The monoisotopic (exact) mass is 471 g/mol. The van der Waals surface area contributed by atoms with Gasteiger partial charge in [-0.2, -0.15) is 0 Å². The topological polar surface area (TPSA) is 91.2 Å². The van der Waals surface area contributed by atoms with Crippen molar-refractivity contribution in [2.45, 2.75) is 56.4 Å². The lowest BCUT2D eigenvalue weighted by Gasteiger charge is -2.45. The van der Waals surface area contributed by atoms with E-state index in [1.807, 2.05) is 54.6 Å². The normalized spacial score (nSPS) is 24.6. The first-order chi connectivity index (χ1) is 15.7. The van der Waals surface area contributed by atoms with E-state index >= 15 is 0 Å². The van der Waals surface area contributed by atoms with Crippen molar-refractivity contribution < 1.29 is 18.3 Å². The van der Waals surface area contributed by atoms with E-state index in [1.54, 1.807) is 20.8 Å². The molecule has 2 aromatic rings. The van der Waals surface area contributed by atoms with Gasteiger partial charge in [-0.1, -0.05) is 42.5 Å². The second-order valence-electron chi connectivity index (χ2n) is 9.38. The molecular weight excluding hydrogens is 438 g/mol. The third-order valence-electron chi connectivity index (χ3n) is 7.01. The summed E-state index contributed by atoms with van der Waals surface area (Å²) in [5, 5.41) is 12.6. The molecule has 4 rings (SSSR count). The number of sulfonamides is 1. The number of aliphatic hydroxyl groups is 1. The first-order valence-corrected chi connectivity index (χ1v) is 12.9. The van der Waals surface area contributed by atoms with Crippen molar-refractivity contribution in [2.75, 3.05) is 24.6 Å². The van der Waals surface area contributed by atoms with Crippen molar-refractivity contribution in [3.63, 3.8) is 0 Å². The van der Waals surface area contributed by atoms with Gasteiger partial charge in [-0.05, 0) is 63.3 Å². The molecule has 0 aliphatic carbocycles. The summed E-state index contributed by atoms with van der Waals surface area (Å²) < 4.78 is 36.2. The lowest BCUT2D eigenvalue weighted by molar-refractivity contribution is 0.0393. The van der Waals surface area contributed by atoms with E-state index in [4.69, 9.17) is 4.74 Å². The molecule has 0 radical (unpaired) electrons. The molecule has 8 heteroatoms. The Morgan fingerprint density at radius 3 is 2.42 bits per heavy atom. The molecule has 7 nitrogen and oxygen atoms in total. The molecule has 2 aliphatic heterocycles. The highest BCUT2D eigenvalue weighted by Crippen LogP contribution is 2.47. The smallest absolute Gasteiger partial charge is 0.301 e. The van der Waals surface area contributed by atoms with Crippen LogP contribution in [-0.4, -0.2) is 44.8 Å². The Labute approximate surface area is 196 Å². The first kappa shape index (κ1) is 23.6. The van der Waals surface area contributed by atoms with Crippen LogP contribution in [0.15, 0.2) is 59.0 Å². The van der Waals surface area contributed by atoms with Gasteiger partial charge in [0.25, 0.3) is 10.0 Å². The molecule has 0 saturated carbocycles. The highest BCUT2D eigenvalue weighted by atomic mass is 32.2. The molecule has 1 saturated heterocycles. The van der Waals surface area contributed by atoms with Crippen LogP contribution in [0.25, 0.3) is 0 Å². The summed E-state index contributed by atoms with van der Waals surface area (Å²) in [4.78, 5) is 2.28. The minimum atomic E-state index is -4.00. The SMILES string of the molecule is CC1(C)OC(N[C@@H](CCO)c2ccccc2)=NS(=O)(=O)C1(C)c1cccc(N2CCCC2)c1. The minimum Gasteiger partial charge on any atom is -0.456 e. The number of benzene rings is 2. The number of aliphatic hydroxyl groups excluding tert-OH is 1. The summed E-state index contributed by atoms with van der Waals surface area (Å²) in [5.74, 6) is 0. The fourth-order valence-electron chi connectivity index (χ4n) is 4.68. The Morgan fingerprint density at radius 1 is 1.09 bits per heavy atom. The molecular formula is C25H33N3O4S. The molecule has 0 aromatic heterocycles. The van der Waals surface area contributed by atoms with Crippen LogP contribution in [0.5, 0.6) is 0 Å². The van der Waals surface area contributed by atoms with Crippen LogP contribution in [0, 0.1) is 0 Å². The molecule has 0 spiro atoms. The van der Waals surface area contributed by atoms with Crippen LogP contribution in [-0.2, 0) is 19.5 Å². The lowest BCUT2D eigenvalue weighted by atomic mass is 9.84. The first-order valence-electron chi connectivity index (χ1n) is 11.5. The van der Waals surface area contributed by atoms with E-state index < -0.39 is 20.4 Å². The molecule has 1 unspecified atom stereocenters. The number of hydrogen-bond donors (Lipinski definition) is 2. The summed E-state index contributed by atoms with van der Waals surface area (Å²) in [5.41, 5.74) is 1.51. The maximum Gasteiger partial charge on any atom is 0.301 e. The van der Waals surface area contributed by atoms with Crippen LogP contribution in [0.1, 0.15) is 57.2 Å². The van der Waals surface area contributed by atoms with Crippen molar-refractivity contribution in [3.05, 3.63) is 65.7 Å². The molecule has 2 aliphatic rings. The maximum atomic E-state index is 13.7. The highest BCUT2D eigenvalue weighted by molar-refractivity contribution is 7.91. The Kier molecular flexibility index (Phi) is 6.42. The molecule has 2 aromatic carbocycles. The van der Waals surface area contributed by atoms with Crippen molar-refractivity contribution >= 4 is 21.7 Å². The molecule has 2 N–H and O–H groups in total. The van der Waals surface area contributed by atoms with Crippen LogP contribution < -0.4 is 10.2 Å². The Morgan fingerprint density at radius 2 is 1.79 bits per heavy atom. The molecule has 0 bridgehead atoms. The highest BCUT2D eigenvalue weighted by Gasteiger charge is 2.58. The second kappa shape index (κ2) is 8.99.